The van der Waals surface area contributed by atoms with Crippen LogP contribution in [0.5, 0.6) is 0 Å². The Hall–Kier alpha value is -4.79. The predicted octanol–water partition coefficient (Wildman–Crippen LogP) is 4.71. The summed E-state index contributed by atoms with van der Waals surface area (Å²) >= 11 is 0. The third-order valence-electron chi connectivity index (χ3n) is 7.41. The van der Waals surface area contributed by atoms with Crippen molar-refractivity contribution in [2.24, 2.45) is 11.7 Å². The molecule has 3 aromatic carbocycles. The van der Waals surface area contributed by atoms with Gasteiger partial charge in [0.2, 0.25) is 0 Å². The number of rotatable bonds is 5. The lowest BCUT2D eigenvalue weighted by molar-refractivity contribution is -0.150. The van der Waals surface area contributed by atoms with E-state index in [9.17, 15) is 18.8 Å². The van der Waals surface area contributed by atoms with Gasteiger partial charge in [0.25, 0.3) is 0 Å². The number of methoxy groups -OCH3 is 2. The lowest BCUT2D eigenvalue weighted by Crippen LogP contribution is -2.46. The van der Waals surface area contributed by atoms with Crippen molar-refractivity contribution in [1.29, 1.82) is 0 Å². The number of ketones is 1. The molecule has 0 aromatic heterocycles. The summed E-state index contributed by atoms with van der Waals surface area (Å²) in [5.41, 5.74) is 7.70. The number of hydrogen-bond acceptors (Lipinski definition) is 7. The molecule has 0 amide bonds. The number of nitrogens with two attached hydrogens (primary N) is 1. The second kappa shape index (κ2) is 10.8. The van der Waals surface area contributed by atoms with Crippen molar-refractivity contribution in [3.63, 3.8) is 0 Å². The number of halogens is 2. The van der Waals surface area contributed by atoms with Crippen molar-refractivity contribution in [2.75, 3.05) is 19.1 Å². The van der Waals surface area contributed by atoms with Crippen molar-refractivity contribution in [3.8, 4) is 0 Å². The maximum Gasteiger partial charge on any atom is 0.338 e. The number of allylic oxidation sites excluding steroid dienone is 2. The van der Waals surface area contributed by atoms with Crippen LogP contribution in [-0.4, -0.2) is 31.9 Å². The molecule has 2 N–H and O–H groups in total. The van der Waals surface area contributed by atoms with Crippen LogP contribution in [0.25, 0.3) is 0 Å². The van der Waals surface area contributed by atoms with Gasteiger partial charge in [0.1, 0.15) is 23.4 Å². The predicted molar refractivity (Wildman–Crippen MR) is 143 cm³/mol. The Morgan fingerprint density at radius 3 is 2.27 bits per heavy atom. The summed E-state index contributed by atoms with van der Waals surface area (Å²) in [6.45, 7) is 0. The summed E-state index contributed by atoms with van der Waals surface area (Å²) in [6, 6.07) is 20.2. The SMILES string of the molecule is COC(=O)C1=C(N)N(c2cccc(F)c2)C2=C(C(=O)[C@H](C(=O)OC)[C@@H](c3ccccc3)C2)[C@@H]1c1ccccc1F. The summed E-state index contributed by atoms with van der Waals surface area (Å²) in [4.78, 5) is 42.3. The molecule has 0 bridgehead atoms. The molecule has 9 heteroatoms. The van der Waals surface area contributed by atoms with E-state index in [1.54, 1.807) is 36.4 Å². The number of carbonyl (C=O) groups is 3. The van der Waals surface area contributed by atoms with Crippen molar-refractivity contribution in [1.82, 2.24) is 0 Å². The minimum Gasteiger partial charge on any atom is -0.468 e. The number of anilines is 1. The van der Waals surface area contributed by atoms with E-state index in [1.165, 1.54) is 48.4 Å². The molecule has 0 spiro atoms. The van der Waals surface area contributed by atoms with Gasteiger partial charge in [-0.15, -0.1) is 0 Å². The van der Waals surface area contributed by atoms with E-state index in [2.05, 4.69) is 0 Å². The number of benzene rings is 3. The van der Waals surface area contributed by atoms with Gasteiger partial charge in [0.15, 0.2) is 5.78 Å². The highest BCUT2D eigenvalue weighted by molar-refractivity contribution is 6.14. The van der Waals surface area contributed by atoms with Crippen LogP contribution in [0.4, 0.5) is 14.5 Å². The van der Waals surface area contributed by atoms with E-state index in [0.717, 1.165) is 7.11 Å². The van der Waals surface area contributed by atoms with Crippen LogP contribution in [0, 0.1) is 17.6 Å². The van der Waals surface area contributed by atoms with Crippen LogP contribution >= 0.6 is 0 Å². The van der Waals surface area contributed by atoms with Gasteiger partial charge in [-0.2, -0.15) is 0 Å². The molecule has 0 fully saturated rings. The minimum absolute atomic E-state index is 0.00682. The maximum absolute atomic E-state index is 15.4. The largest absolute Gasteiger partial charge is 0.468 e. The van der Waals surface area contributed by atoms with Crippen molar-refractivity contribution >= 4 is 23.4 Å². The molecule has 5 rings (SSSR count). The Labute approximate surface area is 229 Å². The number of ether oxygens (including phenoxy) is 2. The third kappa shape index (κ3) is 4.43. The summed E-state index contributed by atoms with van der Waals surface area (Å²) in [7, 11) is 2.33. The fourth-order valence-electron chi connectivity index (χ4n) is 5.68. The van der Waals surface area contributed by atoms with Gasteiger partial charge in [-0.1, -0.05) is 54.6 Å². The molecule has 2 aliphatic rings. The molecule has 0 saturated heterocycles. The highest BCUT2D eigenvalue weighted by atomic mass is 19.1. The molecule has 1 aliphatic carbocycles. The lowest BCUT2D eigenvalue weighted by atomic mass is 9.67. The number of hydrogen-bond donors (Lipinski definition) is 1. The molecule has 0 radical (unpaired) electrons. The van der Waals surface area contributed by atoms with Gasteiger partial charge in [-0.25, -0.2) is 13.6 Å². The highest BCUT2D eigenvalue weighted by Gasteiger charge is 2.51. The van der Waals surface area contributed by atoms with Gasteiger partial charge in [0.05, 0.1) is 31.4 Å². The summed E-state index contributed by atoms with van der Waals surface area (Å²) in [5, 5.41) is 0. The quantitative estimate of drug-likeness (QED) is 0.367. The molecule has 1 aliphatic heterocycles. The van der Waals surface area contributed by atoms with Gasteiger partial charge < -0.3 is 15.2 Å². The Balaban J connectivity index is 1.85. The minimum atomic E-state index is -1.29. The zero-order chi connectivity index (χ0) is 28.6. The average molecular weight is 545 g/mol. The first-order valence-corrected chi connectivity index (χ1v) is 12.6. The van der Waals surface area contributed by atoms with Crippen molar-refractivity contribution in [3.05, 3.63) is 124 Å². The molecule has 1 heterocycles. The van der Waals surface area contributed by atoms with Crippen molar-refractivity contribution < 1.29 is 32.6 Å². The molecular formula is C31H26F2N2O5. The van der Waals surface area contributed by atoms with Gasteiger partial charge in [0, 0.05) is 22.8 Å². The first-order chi connectivity index (χ1) is 19.3. The van der Waals surface area contributed by atoms with Crippen molar-refractivity contribution in [2.45, 2.75) is 18.3 Å². The van der Waals surface area contributed by atoms with Crippen LogP contribution in [0.2, 0.25) is 0 Å². The average Bonchev–Trinajstić information content (AvgIpc) is 2.96. The van der Waals surface area contributed by atoms with Crippen LogP contribution in [0.1, 0.15) is 29.4 Å². The Morgan fingerprint density at radius 2 is 1.62 bits per heavy atom. The van der Waals surface area contributed by atoms with Crippen LogP contribution in [0.15, 0.2) is 102 Å². The zero-order valence-corrected chi connectivity index (χ0v) is 21.8. The molecule has 3 aromatic rings. The monoisotopic (exact) mass is 544 g/mol. The number of nitrogens with zero attached hydrogens (tertiary/aromatic N) is 1. The first-order valence-electron chi connectivity index (χ1n) is 12.6. The molecule has 40 heavy (non-hydrogen) atoms. The van der Waals surface area contributed by atoms with E-state index >= 15 is 4.39 Å². The molecule has 7 nitrogen and oxygen atoms in total. The summed E-state index contributed by atoms with van der Waals surface area (Å²) in [5.74, 6) is -6.95. The maximum atomic E-state index is 15.4. The summed E-state index contributed by atoms with van der Waals surface area (Å²) < 4.78 is 39.9. The van der Waals surface area contributed by atoms with E-state index in [-0.39, 0.29) is 34.6 Å². The molecule has 0 unspecified atom stereocenters. The Kier molecular flexibility index (Phi) is 7.21. The smallest absolute Gasteiger partial charge is 0.338 e. The summed E-state index contributed by atoms with van der Waals surface area (Å²) in [6.07, 6.45) is 0.0848. The topological polar surface area (TPSA) is 98.9 Å². The van der Waals surface area contributed by atoms with Gasteiger partial charge in [-0.3, -0.25) is 14.5 Å². The Morgan fingerprint density at radius 1 is 0.925 bits per heavy atom. The number of esters is 2. The van der Waals surface area contributed by atoms with Crippen LogP contribution in [-0.2, 0) is 23.9 Å². The van der Waals surface area contributed by atoms with E-state index in [1.807, 2.05) is 6.07 Å². The fourth-order valence-corrected chi connectivity index (χ4v) is 5.68. The molecule has 204 valence electrons. The molecule has 0 saturated carbocycles. The fraction of sp³-hybridized carbons (Fsp3) is 0.194. The van der Waals surface area contributed by atoms with Crippen LogP contribution < -0.4 is 10.6 Å². The normalized spacial score (nSPS) is 20.8. The van der Waals surface area contributed by atoms with Gasteiger partial charge >= 0.3 is 11.9 Å². The lowest BCUT2D eigenvalue weighted by Gasteiger charge is -2.44. The zero-order valence-electron chi connectivity index (χ0n) is 21.8. The van der Waals surface area contributed by atoms with E-state index in [0.29, 0.717) is 11.3 Å². The second-order valence-corrected chi connectivity index (χ2v) is 9.51. The number of Topliss-reactive ketones (excluding diaryl/α,β-unsaturated/α-hetero) is 1. The Bertz CT molecular complexity index is 1570. The molecule has 3 atom stereocenters. The van der Waals surface area contributed by atoms with Gasteiger partial charge in [-0.05, 0) is 36.2 Å². The third-order valence-corrected chi connectivity index (χ3v) is 7.41. The number of carbonyl (C=O) groups excluding carboxylic acids is 3. The second-order valence-electron chi connectivity index (χ2n) is 9.51. The van der Waals surface area contributed by atoms with E-state index < -0.39 is 47.1 Å². The van der Waals surface area contributed by atoms with E-state index in [4.69, 9.17) is 15.2 Å². The first kappa shape index (κ1) is 26.8. The van der Waals surface area contributed by atoms with Crippen LogP contribution in [0.3, 0.4) is 0 Å². The standard InChI is InChI=1S/C31H26F2N2O5/c1-39-30(37)25-21(17-9-4-3-5-10-17)16-23-26(28(25)36)24(20-13-6-7-14-22(20)33)27(31(38)40-2)29(34)35(23)19-12-8-11-18(32)15-19/h3-15,21,24-25H,16,34H2,1-2H3/t21-,24+,25-/m1/s1. The highest BCUT2D eigenvalue weighted by Crippen LogP contribution is 2.51. The molecular weight excluding hydrogens is 518 g/mol.